The molecule has 0 saturated carbocycles. The van der Waals surface area contributed by atoms with Gasteiger partial charge in [0, 0.05) is 17.0 Å². The first-order chi connectivity index (χ1) is 9.88. The van der Waals surface area contributed by atoms with Gasteiger partial charge >= 0.3 is 5.97 Å². The van der Waals surface area contributed by atoms with Gasteiger partial charge in [-0.2, -0.15) is 0 Å². The van der Waals surface area contributed by atoms with E-state index in [2.05, 4.69) is 9.97 Å². The molecule has 0 amide bonds. The lowest BCUT2D eigenvalue weighted by Crippen LogP contribution is -2.08. The van der Waals surface area contributed by atoms with Crippen LogP contribution in [0.2, 0.25) is 10.0 Å². The van der Waals surface area contributed by atoms with E-state index in [0.29, 0.717) is 20.8 Å². The zero-order chi connectivity index (χ0) is 15.6. The summed E-state index contributed by atoms with van der Waals surface area (Å²) in [6.45, 7) is 3.82. The Bertz CT molecular complexity index is 693. The molecule has 0 saturated heterocycles. The van der Waals surface area contributed by atoms with Gasteiger partial charge in [0.1, 0.15) is 5.82 Å². The van der Waals surface area contributed by atoms with Crippen LogP contribution in [0.25, 0.3) is 0 Å². The first kappa shape index (κ1) is 16.1. The highest BCUT2D eigenvalue weighted by atomic mass is 35.5. The Morgan fingerprint density at radius 3 is 2.57 bits per heavy atom. The molecule has 21 heavy (non-hydrogen) atoms. The Kier molecular flexibility index (Phi) is 5.08. The number of halogens is 2. The predicted molar refractivity (Wildman–Crippen MR) is 83.7 cm³/mol. The lowest BCUT2D eigenvalue weighted by molar-refractivity contribution is 0.0685. The summed E-state index contributed by atoms with van der Waals surface area (Å²) in [6, 6.07) is 5.10. The highest BCUT2D eigenvalue weighted by Crippen LogP contribution is 2.33. The van der Waals surface area contributed by atoms with Crippen molar-refractivity contribution >= 4 is 40.9 Å². The van der Waals surface area contributed by atoms with Crippen LogP contribution in [0.3, 0.4) is 0 Å². The van der Waals surface area contributed by atoms with Gasteiger partial charge in [-0.3, -0.25) is 0 Å². The summed E-state index contributed by atoms with van der Waals surface area (Å²) >= 11 is 13.1. The van der Waals surface area contributed by atoms with E-state index >= 15 is 0 Å². The summed E-state index contributed by atoms with van der Waals surface area (Å²) in [4.78, 5) is 20.9. The van der Waals surface area contributed by atoms with Crippen LogP contribution in [-0.2, 0) is 0 Å². The number of nitrogens with zero attached hydrogens (tertiary/aromatic N) is 2. The fourth-order valence-electron chi connectivity index (χ4n) is 1.56. The lowest BCUT2D eigenvalue weighted by atomic mass is 10.2. The summed E-state index contributed by atoms with van der Waals surface area (Å²) in [6.07, 6.45) is 1.53. The minimum Gasteiger partial charge on any atom is -0.476 e. The molecule has 2 rings (SSSR count). The highest BCUT2D eigenvalue weighted by Gasteiger charge is 2.17. The predicted octanol–water partition coefficient (Wildman–Crippen LogP) is 4.76. The van der Waals surface area contributed by atoms with Gasteiger partial charge in [-0.15, -0.1) is 0 Å². The molecule has 110 valence electrons. The number of benzene rings is 1. The van der Waals surface area contributed by atoms with Gasteiger partial charge in [-0.05, 0) is 18.2 Å². The zero-order valence-corrected chi connectivity index (χ0v) is 13.6. The second kappa shape index (κ2) is 6.64. The second-order valence-corrected chi connectivity index (χ2v) is 6.51. The maximum absolute atomic E-state index is 11.4. The van der Waals surface area contributed by atoms with Crippen molar-refractivity contribution in [3.05, 3.63) is 46.0 Å². The maximum atomic E-state index is 11.4. The molecular formula is C14H12Cl2N2O2S. The molecule has 0 radical (unpaired) electrons. The van der Waals surface area contributed by atoms with Crippen LogP contribution in [0.1, 0.15) is 36.1 Å². The molecule has 1 heterocycles. The number of hydrogen-bond donors (Lipinski definition) is 1. The smallest absolute Gasteiger partial charge is 0.355 e. The van der Waals surface area contributed by atoms with Crippen molar-refractivity contribution in [2.45, 2.75) is 29.6 Å². The van der Waals surface area contributed by atoms with Crippen LogP contribution < -0.4 is 0 Å². The second-order valence-electron chi connectivity index (χ2n) is 4.58. The van der Waals surface area contributed by atoms with Crippen molar-refractivity contribution in [1.82, 2.24) is 9.97 Å². The van der Waals surface area contributed by atoms with E-state index in [-0.39, 0.29) is 11.6 Å². The SMILES string of the molecule is CC(C)c1ncc(Sc2ccc(Cl)c(Cl)c2)c(C(=O)O)n1. The van der Waals surface area contributed by atoms with Crippen LogP contribution in [0, 0.1) is 0 Å². The van der Waals surface area contributed by atoms with Gasteiger partial charge in [0.25, 0.3) is 0 Å². The lowest BCUT2D eigenvalue weighted by Gasteiger charge is -2.09. The quantitative estimate of drug-likeness (QED) is 0.867. The van der Waals surface area contributed by atoms with Crippen LogP contribution >= 0.6 is 35.0 Å². The number of aromatic carboxylic acids is 1. The number of carboxylic acids is 1. The molecule has 0 atom stereocenters. The molecule has 2 aromatic rings. The molecule has 1 N–H and O–H groups in total. The normalized spacial score (nSPS) is 10.9. The number of aromatic nitrogens is 2. The van der Waals surface area contributed by atoms with E-state index in [9.17, 15) is 9.90 Å². The Morgan fingerprint density at radius 1 is 1.29 bits per heavy atom. The number of hydrogen-bond acceptors (Lipinski definition) is 4. The van der Waals surface area contributed by atoms with Gasteiger partial charge in [-0.25, -0.2) is 14.8 Å². The van der Waals surface area contributed by atoms with Crippen molar-refractivity contribution in [3.8, 4) is 0 Å². The molecule has 0 aliphatic carbocycles. The number of rotatable bonds is 4. The van der Waals surface area contributed by atoms with E-state index in [1.165, 1.54) is 18.0 Å². The van der Waals surface area contributed by atoms with Crippen molar-refractivity contribution in [2.75, 3.05) is 0 Å². The van der Waals surface area contributed by atoms with Gasteiger partial charge in [0.2, 0.25) is 0 Å². The number of carbonyl (C=O) groups is 1. The average molecular weight is 343 g/mol. The van der Waals surface area contributed by atoms with E-state index in [4.69, 9.17) is 23.2 Å². The third kappa shape index (κ3) is 3.87. The van der Waals surface area contributed by atoms with Crippen LogP contribution in [0.15, 0.2) is 34.2 Å². The van der Waals surface area contributed by atoms with Crippen molar-refractivity contribution in [1.29, 1.82) is 0 Å². The van der Waals surface area contributed by atoms with E-state index in [0.717, 1.165) is 4.90 Å². The summed E-state index contributed by atoms with van der Waals surface area (Å²) in [5.74, 6) is -0.514. The van der Waals surface area contributed by atoms with Gasteiger partial charge in [0.15, 0.2) is 5.69 Å². The molecule has 0 unspecified atom stereocenters. The molecule has 0 spiro atoms. The Morgan fingerprint density at radius 2 is 2.00 bits per heavy atom. The molecule has 1 aromatic carbocycles. The summed E-state index contributed by atoms with van der Waals surface area (Å²) < 4.78 is 0. The van der Waals surface area contributed by atoms with Crippen molar-refractivity contribution < 1.29 is 9.90 Å². The Balaban J connectivity index is 2.39. The molecule has 0 aliphatic rings. The van der Waals surface area contributed by atoms with Crippen LogP contribution in [-0.4, -0.2) is 21.0 Å². The fraction of sp³-hybridized carbons (Fsp3) is 0.214. The summed E-state index contributed by atoms with van der Waals surface area (Å²) in [5, 5.41) is 10.2. The van der Waals surface area contributed by atoms with Crippen LogP contribution in [0.4, 0.5) is 0 Å². The first-order valence-corrected chi connectivity index (χ1v) is 7.69. The van der Waals surface area contributed by atoms with Crippen LogP contribution in [0.5, 0.6) is 0 Å². The van der Waals surface area contributed by atoms with Crippen molar-refractivity contribution in [2.24, 2.45) is 0 Å². The Hall–Kier alpha value is -1.30. The molecule has 4 nitrogen and oxygen atoms in total. The van der Waals surface area contributed by atoms with E-state index in [1.807, 2.05) is 13.8 Å². The van der Waals surface area contributed by atoms with Gasteiger partial charge in [0.05, 0.1) is 14.9 Å². The highest BCUT2D eigenvalue weighted by molar-refractivity contribution is 7.99. The average Bonchev–Trinajstić information content (AvgIpc) is 2.43. The first-order valence-electron chi connectivity index (χ1n) is 6.11. The molecule has 0 fully saturated rings. The Labute approximate surface area is 136 Å². The summed E-state index contributed by atoms with van der Waals surface area (Å²) in [5.41, 5.74) is -0.00947. The maximum Gasteiger partial charge on any atom is 0.355 e. The third-order valence-electron chi connectivity index (χ3n) is 2.61. The van der Waals surface area contributed by atoms with E-state index < -0.39 is 5.97 Å². The molecule has 0 bridgehead atoms. The number of carboxylic acid groups (broad SMARTS) is 1. The minimum absolute atomic E-state index is 0.00947. The van der Waals surface area contributed by atoms with Crippen molar-refractivity contribution in [3.63, 3.8) is 0 Å². The summed E-state index contributed by atoms with van der Waals surface area (Å²) in [7, 11) is 0. The molecule has 1 aromatic heterocycles. The minimum atomic E-state index is -1.08. The standard InChI is InChI=1S/C14H12Cl2N2O2S/c1-7(2)13-17-6-11(12(18-13)14(19)20)21-8-3-4-9(15)10(16)5-8/h3-7H,1-2H3,(H,19,20). The molecule has 0 aliphatic heterocycles. The van der Waals surface area contributed by atoms with E-state index in [1.54, 1.807) is 18.2 Å². The molecule has 7 heteroatoms. The largest absolute Gasteiger partial charge is 0.476 e. The van der Waals surface area contributed by atoms with Gasteiger partial charge in [-0.1, -0.05) is 48.8 Å². The molecular weight excluding hydrogens is 331 g/mol. The third-order valence-corrected chi connectivity index (χ3v) is 4.36. The zero-order valence-electron chi connectivity index (χ0n) is 11.3. The topological polar surface area (TPSA) is 63.1 Å². The monoisotopic (exact) mass is 342 g/mol. The fourth-order valence-corrected chi connectivity index (χ4v) is 2.82. The van der Waals surface area contributed by atoms with Gasteiger partial charge < -0.3 is 5.11 Å².